The van der Waals surface area contributed by atoms with Gasteiger partial charge < -0.3 is 4.90 Å². The number of carbonyl (C=O) groups is 1. The minimum absolute atomic E-state index is 0.0983. The third-order valence-corrected chi connectivity index (χ3v) is 7.56. The van der Waals surface area contributed by atoms with Gasteiger partial charge in [-0.05, 0) is 56.5 Å². The summed E-state index contributed by atoms with van der Waals surface area (Å²) in [5.74, 6) is 0.343. The Morgan fingerprint density at radius 2 is 1.91 bits per heavy atom. The van der Waals surface area contributed by atoms with Crippen LogP contribution < -0.4 is 5.56 Å². The number of para-hydroxylation sites is 1. The minimum atomic E-state index is -0.157. The number of hydrogen-bond donors (Lipinski definition) is 0. The predicted molar refractivity (Wildman–Crippen MR) is 132 cm³/mol. The standard InChI is InChI=1S/C25H28ClN3O2S/c1-3-28(18-10-5-4-6-11-18)23(30)16-32-25-27-21-14-8-7-12-19(21)24(31)29(25)22-15-9-13-20(26)17(22)2/h7-9,12-15,18H,3-6,10-11,16H2,1-2H3. The van der Waals surface area contributed by atoms with Crippen LogP contribution in [0.1, 0.15) is 44.6 Å². The van der Waals surface area contributed by atoms with Gasteiger partial charge in [0.05, 0.1) is 22.3 Å². The largest absolute Gasteiger partial charge is 0.339 e. The van der Waals surface area contributed by atoms with Crippen LogP contribution in [-0.2, 0) is 4.79 Å². The number of hydrogen-bond acceptors (Lipinski definition) is 4. The van der Waals surface area contributed by atoms with Crippen molar-refractivity contribution in [1.29, 1.82) is 0 Å². The topological polar surface area (TPSA) is 55.2 Å². The molecule has 0 radical (unpaired) electrons. The van der Waals surface area contributed by atoms with Crippen LogP contribution in [0.25, 0.3) is 16.6 Å². The van der Waals surface area contributed by atoms with Gasteiger partial charge in [-0.1, -0.05) is 60.8 Å². The van der Waals surface area contributed by atoms with Gasteiger partial charge in [-0.25, -0.2) is 4.98 Å². The van der Waals surface area contributed by atoms with E-state index in [1.807, 2.05) is 49.1 Å². The molecular weight excluding hydrogens is 442 g/mol. The van der Waals surface area contributed by atoms with Gasteiger partial charge >= 0.3 is 0 Å². The summed E-state index contributed by atoms with van der Waals surface area (Å²) in [6, 6.07) is 13.1. The summed E-state index contributed by atoms with van der Waals surface area (Å²) in [5, 5.41) is 1.64. The second-order valence-electron chi connectivity index (χ2n) is 8.20. The summed E-state index contributed by atoms with van der Waals surface area (Å²) < 4.78 is 1.60. The Kier molecular flexibility index (Phi) is 7.21. The Morgan fingerprint density at radius 1 is 1.16 bits per heavy atom. The van der Waals surface area contributed by atoms with Crippen molar-refractivity contribution < 1.29 is 4.79 Å². The van der Waals surface area contributed by atoms with Crippen molar-refractivity contribution in [2.45, 2.75) is 57.1 Å². The normalized spacial score (nSPS) is 14.6. The lowest BCUT2D eigenvalue weighted by Gasteiger charge is -2.33. The van der Waals surface area contributed by atoms with E-state index in [0.29, 0.717) is 39.4 Å². The van der Waals surface area contributed by atoms with Gasteiger partial charge in [0.25, 0.3) is 5.56 Å². The van der Waals surface area contributed by atoms with Crippen molar-refractivity contribution in [3.63, 3.8) is 0 Å². The molecule has 4 rings (SSSR count). The van der Waals surface area contributed by atoms with E-state index < -0.39 is 0 Å². The number of benzene rings is 2. The highest BCUT2D eigenvalue weighted by Gasteiger charge is 2.25. The Labute approximate surface area is 197 Å². The molecule has 1 heterocycles. The molecule has 0 unspecified atom stereocenters. The molecule has 0 N–H and O–H groups in total. The second kappa shape index (κ2) is 10.1. The summed E-state index contributed by atoms with van der Waals surface area (Å²) >= 11 is 7.68. The number of amides is 1. The molecule has 1 fully saturated rings. The zero-order valence-corrected chi connectivity index (χ0v) is 20.1. The number of fused-ring (bicyclic) bond motifs is 1. The Morgan fingerprint density at radius 3 is 2.66 bits per heavy atom. The molecule has 0 saturated heterocycles. The highest BCUT2D eigenvalue weighted by atomic mass is 35.5. The molecule has 2 aromatic carbocycles. The Bertz CT molecular complexity index is 1190. The lowest BCUT2D eigenvalue weighted by Crippen LogP contribution is -2.42. The fourth-order valence-corrected chi connectivity index (χ4v) is 5.56. The molecular formula is C25H28ClN3O2S. The summed E-state index contributed by atoms with van der Waals surface area (Å²) in [5.41, 5.74) is 1.97. The van der Waals surface area contributed by atoms with Gasteiger partial charge in [-0.15, -0.1) is 0 Å². The SMILES string of the molecule is CCN(C(=O)CSc1nc2ccccc2c(=O)n1-c1cccc(Cl)c1C)C1CCCCC1. The van der Waals surface area contributed by atoms with Crippen molar-refractivity contribution in [3.05, 3.63) is 63.4 Å². The average molecular weight is 470 g/mol. The number of aromatic nitrogens is 2. The highest BCUT2D eigenvalue weighted by molar-refractivity contribution is 7.99. The molecule has 0 aliphatic heterocycles. The number of thioether (sulfide) groups is 1. The van der Waals surface area contributed by atoms with Crippen LogP contribution in [0.5, 0.6) is 0 Å². The fourth-order valence-electron chi connectivity index (χ4n) is 4.50. The van der Waals surface area contributed by atoms with Gasteiger partial charge in [0, 0.05) is 17.6 Å². The average Bonchev–Trinajstić information content (AvgIpc) is 2.81. The van der Waals surface area contributed by atoms with Crippen LogP contribution in [0.15, 0.2) is 52.4 Å². The van der Waals surface area contributed by atoms with Crippen LogP contribution in [0.4, 0.5) is 0 Å². The molecule has 7 heteroatoms. The van der Waals surface area contributed by atoms with E-state index in [-0.39, 0.29) is 17.2 Å². The third-order valence-electron chi connectivity index (χ3n) is 6.23. The van der Waals surface area contributed by atoms with Crippen LogP contribution in [-0.4, -0.2) is 38.7 Å². The first-order valence-corrected chi connectivity index (χ1v) is 12.6. The molecule has 3 aromatic rings. The zero-order valence-electron chi connectivity index (χ0n) is 18.5. The first-order valence-electron chi connectivity index (χ1n) is 11.2. The van der Waals surface area contributed by atoms with E-state index in [4.69, 9.17) is 16.6 Å². The fraction of sp³-hybridized carbons (Fsp3) is 0.400. The van der Waals surface area contributed by atoms with Gasteiger partial charge in [-0.2, -0.15) is 0 Å². The molecule has 1 aliphatic carbocycles. The molecule has 0 spiro atoms. The molecule has 0 bridgehead atoms. The van der Waals surface area contributed by atoms with Gasteiger partial charge in [0.15, 0.2) is 5.16 Å². The summed E-state index contributed by atoms with van der Waals surface area (Å²) in [4.78, 5) is 33.4. The van der Waals surface area contributed by atoms with Crippen molar-refractivity contribution in [1.82, 2.24) is 14.5 Å². The maximum Gasteiger partial charge on any atom is 0.266 e. The summed E-state index contributed by atoms with van der Waals surface area (Å²) in [6.07, 6.45) is 5.77. The Balaban J connectivity index is 1.71. The monoisotopic (exact) mass is 469 g/mol. The Hall–Kier alpha value is -2.31. The quantitative estimate of drug-likeness (QED) is 0.347. The van der Waals surface area contributed by atoms with Crippen molar-refractivity contribution in [2.75, 3.05) is 12.3 Å². The smallest absolute Gasteiger partial charge is 0.266 e. The maximum atomic E-state index is 13.5. The number of rotatable bonds is 6. The van der Waals surface area contributed by atoms with Crippen molar-refractivity contribution in [3.8, 4) is 5.69 Å². The van der Waals surface area contributed by atoms with E-state index in [0.717, 1.165) is 18.4 Å². The van der Waals surface area contributed by atoms with Crippen molar-refractivity contribution >= 4 is 40.2 Å². The van der Waals surface area contributed by atoms with Gasteiger partial charge in [0.1, 0.15) is 0 Å². The molecule has 168 valence electrons. The second-order valence-corrected chi connectivity index (χ2v) is 9.55. The molecule has 1 aliphatic rings. The van der Waals surface area contributed by atoms with Crippen LogP contribution in [0.2, 0.25) is 5.02 Å². The van der Waals surface area contributed by atoms with Crippen LogP contribution >= 0.6 is 23.4 Å². The lowest BCUT2D eigenvalue weighted by atomic mass is 9.94. The third kappa shape index (κ3) is 4.57. The van der Waals surface area contributed by atoms with Crippen LogP contribution in [0, 0.1) is 6.92 Å². The molecule has 1 aromatic heterocycles. The van der Waals surface area contributed by atoms with E-state index in [1.54, 1.807) is 16.7 Å². The zero-order chi connectivity index (χ0) is 22.7. The lowest BCUT2D eigenvalue weighted by molar-refractivity contribution is -0.131. The van der Waals surface area contributed by atoms with Crippen LogP contribution in [0.3, 0.4) is 0 Å². The van der Waals surface area contributed by atoms with E-state index in [9.17, 15) is 9.59 Å². The first kappa shape index (κ1) is 22.9. The van der Waals surface area contributed by atoms with Crippen molar-refractivity contribution in [2.24, 2.45) is 0 Å². The minimum Gasteiger partial charge on any atom is -0.339 e. The molecule has 32 heavy (non-hydrogen) atoms. The predicted octanol–water partition coefficient (Wildman–Crippen LogP) is 5.62. The van der Waals surface area contributed by atoms with E-state index in [2.05, 4.69) is 0 Å². The number of carbonyl (C=O) groups excluding carboxylic acids is 1. The van der Waals surface area contributed by atoms with Gasteiger partial charge in [-0.3, -0.25) is 14.2 Å². The maximum absolute atomic E-state index is 13.5. The molecule has 1 amide bonds. The van der Waals surface area contributed by atoms with E-state index >= 15 is 0 Å². The molecule has 1 saturated carbocycles. The number of halogens is 1. The van der Waals surface area contributed by atoms with Gasteiger partial charge in [0.2, 0.25) is 5.91 Å². The highest BCUT2D eigenvalue weighted by Crippen LogP contribution is 2.28. The molecule has 5 nitrogen and oxygen atoms in total. The number of nitrogens with zero attached hydrogens (tertiary/aromatic N) is 3. The summed E-state index contributed by atoms with van der Waals surface area (Å²) in [6.45, 7) is 4.63. The van der Waals surface area contributed by atoms with E-state index in [1.165, 1.54) is 31.0 Å². The first-order chi connectivity index (χ1) is 15.5. The summed E-state index contributed by atoms with van der Waals surface area (Å²) in [7, 11) is 0. The molecule has 0 atom stereocenters.